The van der Waals surface area contributed by atoms with Gasteiger partial charge in [-0.05, 0) is 23.6 Å². The van der Waals surface area contributed by atoms with Gasteiger partial charge in [0.15, 0.2) is 0 Å². The van der Waals surface area contributed by atoms with E-state index in [-0.39, 0.29) is 17.9 Å². The predicted molar refractivity (Wildman–Crippen MR) is 56.8 cm³/mol. The Morgan fingerprint density at radius 3 is 2.80 bits per heavy atom. The number of aryl methyl sites for hydroxylation is 1. The van der Waals surface area contributed by atoms with Crippen molar-refractivity contribution in [1.29, 1.82) is 0 Å². The van der Waals surface area contributed by atoms with Crippen LogP contribution < -0.4 is 5.56 Å². The van der Waals surface area contributed by atoms with E-state index in [0.717, 1.165) is 0 Å². The Labute approximate surface area is 86.0 Å². The molecule has 0 saturated carbocycles. The van der Waals surface area contributed by atoms with Gasteiger partial charge in [0, 0.05) is 24.2 Å². The van der Waals surface area contributed by atoms with Gasteiger partial charge in [-0.15, -0.1) is 0 Å². The smallest absolute Gasteiger partial charge is 0.258 e. The maximum absolute atomic E-state index is 11.7. The molecular weight excluding hydrogens is 194 g/mol. The van der Waals surface area contributed by atoms with Crippen molar-refractivity contribution in [3.05, 3.63) is 40.3 Å². The van der Waals surface area contributed by atoms with Crippen molar-refractivity contribution in [3.63, 3.8) is 0 Å². The largest absolute Gasteiger partial charge is 0.508 e. The summed E-state index contributed by atoms with van der Waals surface area (Å²) in [5.41, 5.74) is 0.230. The number of aromatic hydroxyl groups is 1. The fourth-order valence-electron chi connectivity index (χ4n) is 1.55. The van der Waals surface area contributed by atoms with Crippen LogP contribution in [0.4, 0.5) is 0 Å². The van der Waals surface area contributed by atoms with Crippen LogP contribution in [0.15, 0.2) is 29.2 Å². The molecule has 0 aliphatic carbocycles. The Bertz CT molecular complexity index is 572. The van der Waals surface area contributed by atoms with Crippen molar-refractivity contribution in [2.24, 2.45) is 7.05 Å². The third-order valence-electron chi connectivity index (χ3n) is 2.45. The third kappa shape index (κ3) is 1.49. The van der Waals surface area contributed by atoms with Gasteiger partial charge in [-0.1, -0.05) is 0 Å². The Hall–Kier alpha value is -1.81. The van der Waals surface area contributed by atoms with E-state index in [1.165, 1.54) is 16.7 Å². The molecule has 0 spiro atoms. The fraction of sp³-hybridized carbons (Fsp3) is 0.182. The van der Waals surface area contributed by atoms with Crippen molar-refractivity contribution >= 4 is 10.8 Å². The van der Waals surface area contributed by atoms with Crippen molar-refractivity contribution in [3.8, 4) is 5.75 Å². The molecule has 0 aliphatic rings. The number of nitrogens with zero attached hydrogens (tertiary/aromatic N) is 1. The lowest BCUT2D eigenvalue weighted by Gasteiger charge is -2.05. The number of aliphatic hydroxyl groups excluding tert-OH is 1. The molecule has 2 aromatic rings. The first-order chi connectivity index (χ1) is 7.13. The van der Waals surface area contributed by atoms with Gasteiger partial charge in [0.25, 0.3) is 5.56 Å². The minimum atomic E-state index is -0.278. The zero-order valence-electron chi connectivity index (χ0n) is 8.27. The lowest BCUT2D eigenvalue weighted by atomic mass is 10.1. The molecule has 0 bridgehead atoms. The van der Waals surface area contributed by atoms with E-state index in [0.29, 0.717) is 16.3 Å². The van der Waals surface area contributed by atoms with Gasteiger partial charge < -0.3 is 14.8 Å². The molecule has 2 N–H and O–H groups in total. The van der Waals surface area contributed by atoms with E-state index in [1.807, 2.05) is 0 Å². The summed E-state index contributed by atoms with van der Waals surface area (Å²) in [4.78, 5) is 11.7. The molecule has 2 rings (SSSR count). The highest BCUT2D eigenvalue weighted by Crippen LogP contribution is 2.22. The normalized spacial score (nSPS) is 10.8. The Morgan fingerprint density at radius 2 is 2.13 bits per heavy atom. The average Bonchev–Trinajstić information content (AvgIpc) is 2.23. The van der Waals surface area contributed by atoms with Crippen LogP contribution in [-0.2, 0) is 13.7 Å². The number of fused-ring (bicyclic) bond motifs is 1. The first-order valence-corrected chi connectivity index (χ1v) is 4.55. The number of hydrogen-bond donors (Lipinski definition) is 2. The Morgan fingerprint density at radius 1 is 1.40 bits per heavy atom. The highest BCUT2D eigenvalue weighted by Gasteiger charge is 2.06. The van der Waals surface area contributed by atoms with Crippen LogP contribution >= 0.6 is 0 Å². The van der Waals surface area contributed by atoms with E-state index < -0.39 is 0 Å². The molecule has 0 radical (unpaired) electrons. The van der Waals surface area contributed by atoms with Crippen molar-refractivity contribution < 1.29 is 10.2 Å². The second-order valence-electron chi connectivity index (χ2n) is 3.46. The topological polar surface area (TPSA) is 62.5 Å². The molecule has 0 atom stereocenters. The third-order valence-corrected chi connectivity index (χ3v) is 2.45. The van der Waals surface area contributed by atoms with Crippen LogP contribution in [0.25, 0.3) is 10.8 Å². The van der Waals surface area contributed by atoms with Crippen LogP contribution in [0, 0.1) is 0 Å². The summed E-state index contributed by atoms with van der Waals surface area (Å²) in [5, 5.41) is 19.6. The first kappa shape index (κ1) is 9.73. The maximum atomic E-state index is 11.7. The van der Waals surface area contributed by atoms with E-state index in [1.54, 1.807) is 19.3 Å². The first-order valence-electron chi connectivity index (χ1n) is 4.55. The number of aliphatic hydroxyl groups is 1. The van der Waals surface area contributed by atoms with E-state index in [2.05, 4.69) is 0 Å². The van der Waals surface area contributed by atoms with Gasteiger partial charge in [0.2, 0.25) is 0 Å². The second kappa shape index (κ2) is 3.40. The molecule has 0 saturated heterocycles. The van der Waals surface area contributed by atoms with Gasteiger partial charge in [-0.25, -0.2) is 0 Å². The molecule has 0 aliphatic heterocycles. The number of phenols is 1. The molecule has 0 unspecified atom stereocenters. The van der Waals surface area contributed by atoms with Crippen LogP contribution in [-0.4, -0.2) is 14.8 Å². The number of pyridine rings is 1. The predicted octanol–water partition coefficient (Wildman–Crippen LogP) is 0.736. The molecule has 4 heteroatoms. The van der Waals surface area contributed by atoms with Crippen LogP contribution in [0.5, 0.6) is 5.75 Å². The monoisotopic (exact) mass is 205 g/mol. The minimum absolute atomic E-state index is 0.0123. The molecular formula is C11H11NO3. The molecule has 0 fully saturated rings. The lowest BCUT2D eigenvalue weighted by molar-refractivity contribution is 0.276. The van der Waals surface area contributed by atoms with Crippen molar-refractivity contribution in [1.82, 2.24) is 4.57 Å². The summed E-state index contributed by atoms with van der Waals surface area (Å²) in [5.74, 6) is 0.0123. The Balaban J connectivity index is 2.89. The number of hydrogen-bond acceptors (Lipinski definition) is 3. The number of rotatable bonds is 1. The standard InChI is InChI=1S/C11H11NO3/c1-12-3-2-7-5-10(14)8(6-13)4-9(7)11(12)15/h2-5,13-14H,6H2,1H3. The summed E-state index contributed by atoms with van der Waals surface area (Å²) >= 11 is 0. The maximum Gasteiger partial charge on any atom is 0.258 e. The molecule has 4 nitrogen and oxygen atoms in total. The highest BCUT2D eigenvalue weighted by atomic mass is 16.3. The van der Waals surface area contributed by atoms with E-state index >= 15 is 0 Å². The number of aromatic nitrogens is 1. The summed E-state index contributed by atoms with van der Waals surface area (Å²) < 4.78 is 1.46. The second-order valence-corrected chi connectivity index (χ2v) is 3.46. The molecule has 15 heavy (non-hydrogen) atoms. The summed E-state index contributed by atoms with van der Waals surface area (Å²) in [7, 11) is 1.66. The van der Waals surface area contributed by atoms with Gasteiger partial charge >= 0.3 is 0 Å². The quantitative estimate of drug-likeness (QED) is 0.721. The van der Waals surface area contributed by atoms with Crippen LogP contribution in [0.2, 0.25) is 0 Å². The summed E-state index contributed by atoms with van der Waals surface area (Å²) in [6, 6.07) is 4.76. The zero-order chi connectivity index (χ0) is 11.0. The SMILES string of the molecule is Cn1ccc2cc(O)c(CO)cc2c1=O. The zero-order valence-corrected chi connectivity index (χ0v) is 8.27. The molecule has 78 valence electrons. The van der Waals surface area contributed by atoms with Gasteiger partial charge in [0.05, 0.1) is 6.61 Å². The lowest BCUT2D eigenvalue weighted by Crippen LogP contribution is -2.15. The van der Waals surface area contributed by atoms with Gasteiger partial charge in [-0.3, -0.25) is 4.79 Å². The summed E-state index contributed by atoms with van der Waals surface area (Å²) in [6.07, 6.45) is 1.64. The van der Waals surface area contributed by atoms with E-state index in [4.69, 9.17) is 5.11 Å². The molecule has 1 aromatic heterocycles. The molecule has 1 heterocycles. The van der Waals surface area contributed by atoms with Gasteiger partial charge in [0.1, 0.15) is 5.75 Å². The summed E-state index contributed by atoms with van der Waals surface area (Å²) in [6.45, 7) is -0.278. The highest BCUT2D eigenvalue weighted by molar-refractivity contribution is 5.83. The van der Waals surface area contributed by atoms with Crippen LogP contribution in [0.3, 0.4) is 0 Å². The average molecular weight is 205 g/mol. The minimum Gasteiger partial charge on any atom is -0.508 e. The number of benzene rings is 1. The van der Waals surface area contributed by atoms with Crippen LogP contribution in [0.1, 0.15) is 5.56 Å². The van der Waals surface area contributed by atoms with Gasteiger partial charge in [-0.2, -0.15) is 0 Å². The Kier molecular flexibility index (Phi) is 2.21. The fourth-order valence-corrected chi connectivity index (χ4v) is 1.55. The molecule has 1 aromatic carbocycles. The molecule has 0 amide bonds. The van der Waals surface area contributed by atoms with E-state index in [9.17, 15) is 9.90 Å². The van der Waals surface area contributed by atoms with Crippen molar-refractivity contribution in [2.75, 3.05) is 0 Å². The van der Waals surface area contributed by atoms with Crippen molar-refractivity contribution in [2.45, 2.75) is 6.61 Å².